The summed E-state index contributed by atoms with van der Waals surface area (Å²) in [6.45, 7) is 6.92. The minimum atomic E-state index is 0.116. The maximum atomic E-state index is 8.85. The molecule has 0 bridgehead atoms. The minimum Gasteiger partial charge on any atom is -0.408 e. The number of nitrogens with one attached hydrogen (secondary N) is 1. The van der Waals surface area contributed by atoms with Gasteiger partial charge in [0.05, 0.1) is 11.6 Å². The van der Waals surface area contributed by atoms with Crippen molar-refractivity contribution < 1.29 is 4.42 Å². The van der Waals surface area contributed by atoms with Crippen LogP contribution in [0, 0.1) is 16.7 Å². The van der Waals surface area contributed by atoms with E-state index in [9.17, 15) is 0 Å². The summed E-state index contributed by atoms with van der Waals surface area (Å²) >= 11 is 0. The Kier molecular flexibility index (Phi) is 4.04. The number of hydrogen-bond donors (Lipinski definition) is 1. The number of aromatic nitrogens is 2. The van der Waals surface area contributed by atoms with Crippen molar-refractivity contribution in [3.8, 4) is 6.07 Å². The molecule has 1 heterocycles. The molecule has 2 rings (SSSR count). The number of hydrogen-bond acceptors (Lipinski definition) is 5. The van der Waals surface area contributed by atoms with Crippen LogP contribution in [0.1, 0.15) is 37.8 Å². The Morgan fingerprint density at radius 2 is 2.10 bits per heavy atom. The quantitative estimate of drug-likeness (QED) is 0.923. The summed E-state index contributed by atoms with van der Waals surface area (Å²) in [5, 5.41) is 19.9. The molecule has 0 aliphatic rings. The lowest BCUT2D eigenvalue weighted by molar-refractivity contribution is 0.357. The van der Waals surface area contributed by atoms with E-state index in [2.05, 4.69) is 42.4 Å². The van der Waals surface area contributed by atoms with Crippen molar-refractivity contribution in [3.63, 3.8) is 0 Å². The van der Waals surface area contributed by atoms with Crippen molar-refractivity contribution in [1.82, 2.24) is 10.2 Å². The normalized spacial score (nSPS) is 11.1. The molecule has 0 amide bonds. The largest absolute Gasteiger partial charge is 0.408 e. The van der Waals surface area contributed by atoms with Gasteiger partial charge in [0, 0.05) is 13.0 Å². The third kappa shape index (κ3) is 4.09. The van der Waals surface area contributed by atoms with E-state index >= 15 is 0 Å². The smallest absolute Gasteiger partial charge is 0.315 e. The van der Waals surface area contributed by atoms with Gasteiger partial charge in [0.1, 0.15) is 0 Å². The standard InChI is InChI=1S/C15H18N4O/c1-15(2,3)8-13-18-19-14(20-13)17-10-12-6-4-5-11(7-12)9-16/h4-7H,8,10H2,1-3H3,(H,17,19). The molecule has 20 heavy (non-hydrogen) atoms. The van der Waals surface area contributed by atoms with Gasteiger partial charge in [-0.25, -0.2) is 0 Å². The van der Waals surface area contributed by atoms with Gasteiger partial charge in [-0.2, -0.15) is 5.26 Å². The molecule has 1 aromatic carbocycles. The van der Waals surface area contributed by atoms with E-state index in [1.165, 1.54) is 0 Å². The molecule has 5 heteroatoms. The number of anilines is 1. The highest BCUT2D eigenvalue weighted by atomic mass is 16.4. The average Bonchev–Trinajstić information content (AvgIpc) is 2.82. The number of rotatable bonds is 4. The zero-order valence-corrected chi connectivity index (χ0v) is 12.0. The minimum absolute atomic E-state index is 0.116. The highest BCUT2D eigenvalue weighted by Crippen LogP contribution is 2.20. The molecular weight excluding hydrogens is 252 g/mol. The lowest BCUT2D eigenvalue weighted by Crippen LogP contribution is -2.09. The van der Waals surface area contributed by atoms with Gasteiger partial charge in [-0.05, 0) is 23.1 Å². The van der Waals surface area contributed by atoms with Gasteiger partial charge < -0.3 is 9.73 Å². The SMILES string of the molecule is CC(C)(C)Cc1nnc(NCc2cccc(C#N)c2)o1. The van der Waals surface area contributed by atoms with Crippen molar-refractivity contribution in [2.75, 3.05) is 5.32 Å². The van der Waals surface area contributed by atoms with E-state index in [1.54, 1.807) is 6.07 Å². The van der Waals surface area contributed by atoms with Crippen LogP contribution in [-0.2, 0) is 13.0 Å². The molecule has 2 aromatic rings. The molecule has 1 N–H and O–H groups in total. The topological polar surface area (TPSA) is 74.7 Å². The second-order valence-corrected chi connectivity index (χ2v) is 5.90. The van der Waals surface area contributed by atoms with E-state index in [4.69, 9.17) is 9.68 Å². The van der Waals surface area contributed by atoms with Gasteiger partial charge in [-0.15, -0.1) is 5.10 Å². The Balaban J connectivity index is 1.96. The first-order chi connectivity index (χ1) is 9.46. The Morgan fingerprint density at radius 3 is 2.80 bits per heavy atom. The Bertz CT molecular complexity index is 619. The summed E-state index contributed by atoms with van der Waals surface area (Å²) in [5.41, 5.74) is 1.76. The van der Waals surface area contributed by atoms with Crippen LogP contribution in [0.15, 0.2) is 28.7 Å². The Hall–Kier alpha value is -2.35. The zero-order chi connectivity index (χ0) is 14.6. The van der Waals surface area contributed by atoms with E-state index in [0.717, 1.165) is 12.0 Å². The molecule has 104 valence electrons. The summed E-state index contributed by atoms with van der Waals surface area (Å²) in [6, 6.07) is 9.93. The molecule has 0 saturated carbocycles. The van der Waals surface area contributed by atoms with Crippen molar-refractivity contribution in [3.05, 3.63) is 41.3 Å². The molecular formula is C15H18N4O. The number of nitrogens with zero attached hydrogens (tertiary/aromatic N) is 3. The van der Waals surface area contributed by atoms with Gasteiger partial charge >= 0.3 is 6.01 Å². The monoisotopic (exact) mass is 270 g/mol. The molecule has 0 aliphatic heterocycles. The number of nitriles is 1. The summed E-state index contributed by atoms with van der Waals surface area (Å²) in [5.74, 6) is 0.630. The van der Waals surface area contributed by atoms with Gasteiger partial charge in [0.15, 0.2) is 0 Å². The van der Waals surface area contributed by atoms with E-state index in [0.29, 0.717) is 24.0 Å². The highest BCUT2D eigenvalue weighted by molar-refractivity contribution is 5.34. The summed E-state index contributed by atoms with van der Waals surface area (Å²) < 4.78 is 5.54. The van der Waals surface area contributed by atoms with Crippen LogP contribution in [0.25, 0.3) is 0 Å². The first-order valence-electron chi connectivity index (χ1n) is 6.51. The fourth-order valence-corrected chi connectivity index (χ4v) is 1.78. The zero-order valence-electron chi connectivity index (χ0n) is 12.0. The fraction of sp³-hybridized carbons (Fsp3) is 0.400. The van der Waals surface area contributed by atoms with Crippen LogP contribution in [0.5, 0.6) is 0 Å². The van der Waals surface area contributed by atoms with Gasteiger partial charge in [-0.3, -0.25) is 0 Å². The summed E-state index contributed by atoms with van der Waals surface area (Å²) in [6.07, 6.45) is 0.742. The number of benzene rings is 1. The second-order valence-electron chi connectivity index (χ2n) is 5.90. The van der Waals surface area contributed by atoms with E-state index in [-0.39, 0.29) is 5.41 Å². The second kappa shape index (κ2) is 5.74. The molecule has 0 atom stereocenters. The highest BCUT2D eigenvalue weighted by Gasteiger charge is 2.16. The third-order valence-corrected chi connectivity index (χ3v) is 2.65. The van der Waals surface area contributed by atoms with Crippen molar-refractivity contribution in [1.29, 1.82) is 5.26 Å². The first-order valence-corrected chi connectivity index (χ1v) is 6.51. The summed E-state index contributed by atoms with van der Waals surface area (Å²) in [4.78, 5) is 0. The molecule has 0 aliphatic carbocycles. The molecule has 0 spiro atoms. The maximum absolute atomic E-state index is 8.85. The molecule has 5 nitrogen and oxygen atoms in total. The predicted octanol–water partition coefficient (Wildman–Crippen LogP) is 3.14. The van der Waals surface area contributed by atoms with Gasteiger partial charge in [-0.1, -0.05) is 38.0 Å². The third-order valence-electron chi connectivity index (χ3n) is 2.65. The molecule has 0 fully saturated rings. The van der Waals surface area contributed by atoms with Crippen molar-refractivity contribution >= 4 is 6.01 Å². The van der Waals surface area contributed by atoms with Gasteiger partial charge in [0.2, 0.25) is 5.89 Å². The van der Waals surface area contributed by atoms with Crippen LogP contribution < -0.4 is 5.32 Å². The van der Waals surface area contributed by atoms with Crippen LogP contribution in [0.4, 0.5) is 6.01 Å². The Labute approximate surface area is 118 Å². The maximum Gasteiger partial charge on any atom is 0.315 e. The van der Waals surface area contributed by atoms with Crippen LogP contribution >= 0.6 is 0 Å². The van der Waals surface area contributed by atoms with E-state index in [1.807, 2.05) is 18.2 Å². The lowest BCUT2D eigenvalue weighted by atomic mass is 9.92. The molecule has 1 aromatic heterocycles. The van der Waals surface area contributed by atoms with Crippen molar-refractivity contribution in [2.24, 2.45) is 5.41 Å². The molecule has 0 radical (unpaired) electrons. The molecule has 0 unspecified atom stereocenters. The van der Waals surface area contributed by atoms with Crippen molar-refractivity contribution in [2.45, 2.75) is 33.7 Å². The lowest BCUT2D eigenvalue weighted by Gasteiger charge is -2.14. The fourth-order valence-electron chi connectivity index (χ4n) is 1.78. The van der Waals surface area contributed by atoms with Gasteiger partial charge in [0.25, 0.3) is 0 Å². The van der Waals surface area contributed by atoms with E-state index < -0.39 is 0 Å². The first kappa shape index (κ1) is 14.1. The Morgan fingerprint density at radius 1 is 1.30 bits per heavy atom. The average molecular weight is 270 g/mol. The molecule has 0 saturated heterocycles. The van der Waals surface area contributed by atoms with Crippen LogP contribution in [0.2, 0.25) is 0 Å². The van der Waals surface area contributed by atoms with Crippen LogP contribution in [-0.4, -0.2) is 10.2 Å². The summed E-state index contributed by atoms with van der Waals surface area (Å²) in [7, 11) is 0. The van der Waals surface area contributed by atoms with Crippen LogP contribution in [0.3, 0.4) is 0 Å². The predicted molar refractivity (Wildman–Crippen MR) is 75.9 cm³/mol.